The van der Waals surface area contributed by atoms with E-state index in [9.17, 15) is 4.79 Å². The molecule has 0 aliphatic carbocycles. The van der Waals surface area contributed by atoms with Crippen molar-refractivity contribution < 1.29 is 4.79 Å². The van der Waals surface area contributed by atoms with E-state index in [0.717, 1.165) is 18.5 Å². The third-order valence-electron chi connectivity index (χ3n) is 4.24. The zero-order chi connectivity index (χ0) is 14.4. The zero-order valence-corrected chi connectivity index (χ0v) is 12.6. The van der Waals surface area contributed by atoms with Gasteiger partial charge >= 0.3 is 0 Å². The van der Waals surface area contributed by atoms with Gasteiger partial charge in [-0.3, -0.25) is 9.69 Å². The van der Waals surface area contributed by atoms with Gasteiger partial charge < -0.3 is 5.32 Å². The van der Waals surface area contributed by atoms with Crippen molar-refractivity contribution in [3.05, 3.63) is 35.9 Å². The number of likely N-dealkylation sites (tertiary alicyclic amines) is 1. The van der Waals surface area contributed by atoms with Gasteiger partial charge in [-0.15, -0.1) is 0 Å². The van der Waals surface area contributed by atoms with Crippen molar-refractivity contribution in [3.8, 4) is 0 Å². The number of carbonyl (C=O) groups is 1. The fourth-order valence-electron chi connectivity index (χ4n) is 3.03. The first-order valence-electron chi connectivity index (χ1n) is 7.79. The quantitative estimate of drug-likeness (QED) is 0.894. The van der Waals surface area contributed by atoms with Gasteiger partial charge in [-0.05, 0) is 38.3 Å². The fourth-order valence-corrected chi connectivity index (χ4v) is 3.03. The predicted molar refractivity (Wildman–Crippen MR) is 82.5 cm³/mol. The van der Waals surface area contributed by atoms with Gasteiger partial charge in [0, 0.05) is 6.04 Å². The Labute approximate surface area is 122 Å². The molecular weight excluding hydrogens is 248 g/mol. The maximum absolute atomic E-state index is 12.2. The Morgan fingerprint density at radius 1 is 1.35 bits per heavy atom. The number of rotatable bonds is 5. The number of carbonyl (C=O) groups excluding carboxylic acids is 1. The monoisotopic (exact) mass is 274 g/mol. The molecule has 1 heterocycles. The molecule has 0 spiro atoms. The Kier molecular flexibility index (Phi) is 5.60. The summed E-state index contributed by atoms with van der Waals surface area (Å²) in [6.07, 6.45) is 4.90. The first kappa shape index (κ1) is 15.0. The second-order valence-electron chi connectivity index (χ2n) is 5.73. The maximum atomic E-state index is 12.2. The van der Waals surface area contributed by atoms with Crippen LogP contribution in [0.15, 0.2) is 30.3 Å². The summed E-state index contributed by atoms with van der Waals surface area (Å²) >= 11 is 0. The summed E-state index contributed by atoms with van der Waals surface area (Å²) < 4.78 is 0. The number of benzene rings is 1. The van der Waals surface area contributed by atoms with Crippen molar-refractivity contribution >= 4 is 5.91 Å². The Morgan fingerprint density at radius 3 is 2.80 bits per heavy atom. The molecule has 110 valence electrons. The van der Waals surface area contributed by atoms with Crippen LogP contribution in [0.1, 0.15) is 51.1 Å². The van der Waals surface area contributed by atoms with Crippen LogP contribution in [0.4, 0.5) is 0 Å². The molecule has 0 bridgehead atoms. The number of nitrogens with zero attached hydrogens (tertiary/aromatic N) is 1. The molecule has 1 N–H and O–H groups in total. The topological polar surface area (TPSA) is 32.3 Å². The molecule has 1 aliphatic heterocycles. The number of amides is 1. The van der Waals surface area contributed by atoms with Gasteiger partial charge in [-0.25, -0.2) is 0 Å². The highest BCUT2D eigenvalue weighted by Gasteiger charge is 2.23. The van der Waals surface area contributed by atoms with Crippen LogP contribution in [-0.4, -0.2) is 29.9 Å². The number of hydrogen-bond donors (Lipinski definition) is 1. The summed E-state index contributed by atoms with van der Waals surface area (Å²) in [6.45, 7) is 5.86. The van der Waals surface area contributed by atoms with Gasteiger partial charge in [0.2, 0.25) is 5.91 Å². The molecule has 1 aromatic rings. The molecule has 3 heteroatoms. The van der Waals surface area contributed by atoms with Gasteiger partial charge in [0.25, 0.3) is 0 Å². The van der Waals surface area contributed by atoms with Gasteiger partial charge in [-0.1, -0.05) is 43.7 Å². The van der Waals surface area contributed by atoms with Crippen molar-refractivity contribution in [1.82, 2.24) is 10.2 Å². The van der Waals surface area contributed by atoms with E-state index in [1.807, 2.05) is 25.1 Å². The van der Waals surface area contributed by atoms with E-state index < -0.39 is 0 Å². The molecule has 1 saturated heterocycles. The van der Waals surface area contributed by atoms with Crippen molar-refractivity contribution in [3.63, 3.8) is 0 Å². The molecule has 0 saturated carbocycles. The second kappa shape index (κ2) is 7.44. The van der Waals surface area contributed by atoms with Gasteiger partial charge in [0.05, 0.1) is 12.6 Å². The lowest BCUT2D eigenvalue weighted by Crippen LogP contribution is -2.45. The lowest BCUT2D eigenvalue weighted by Gasteiger charge is -2.34. The van der Waals surface area contributed by atoms with Gasteiger partial charge in [0.15, 0.2) is 0 Å². The zero-order valence-electron chi connectivity index (χ0n) is 12.6. The highest BCUT2D eigenvalue weighted by Crippen LogP contribution is 2.19. The molecule has 1 aromatic carbocycles. The first-order valence-corrected chi connectivity index (χ1v) is 7.79. The van der Waals surface area contributed by atoms with Crippen LogP contribution < -0.4 is 5.32 Å². The molecular formula is C17H26N2O. The molecule has 0 radical (unpaired) electrons. The molecule has 2 rings (SSSR count). The van der Waals surface area contributed by atoms with E-state index in [0.29, 0.717) is 12.6 Å². The lowest BCUT2D eigenvalue weighted by atomic mass is 10.00. The largest absolute Gasteiger partial charge is 0.348 e. The molecule has 1 amide bonds. The van der Waals surface area contributed by atoms with E-state index in [2.05, 4.69) is 29.3 Å². The van der Waals surface area contributed by atoms with E-state index in [4.69, 9.17) is 0 Å². The van der Waals surface area contributed by atoms with Gasteiger partial charge in [0.1, 0.15) is 0 Å². The predicted octanol–water partition coefficient (Wildman–Crippen LogP) is 3.13. The summed E-state index contributed by atoms with van der Waals surface area (Å²) in [5.74, 6) is 0.140. The molecule has 1 fully saturated rings. The Balaban J connectivity index is 1.85. The van der Waals surface area contributed by atoms with Crippen LogP contribution in [0.3, 0.4) is 0 Å². The van der Waals surface area contributed by atoms with Crippen LogP contribution in [0.5, 0.6) is 0 Å². The Bertz CT molecular complexity index is 418. The van der Waals surface area contributed by atoms with Crippen LogP contribution >= 0.6 is 0 Å². The fraction of sp³-hybridized carbons (Fsp3) is 0.588. The average molecular weight is 274 g/mol. The van der Waals surface area contributed by atoms with Crippen molar-refractivity contribution in [1.29, 1.82) is 0 Å². The highest BCUT2D eigenvalue weighted by atomic mass is 16.2. The Hall–Kier alpha value is -1.35. The average Bonchev–Trinajstić information content (AvgIpc) is 2.48. The van der Waals surface area contributed by atoms with Crippen molar-refractivity contribution in [2.75, 3.05) is 13.1 Å². The third kappa shape index (κ3) is 4.07. The van der Waals surface area contributed by atoms with Crippen molar-refractivity contribution in [2.45, 2.75) is 51.6 Å². The molecule has 0 aromatic heterocycles. The molecule has 20 heavy (non-hydrogen) atoms. The van der Waals surface area contributed by atoms with E-state index in [1.165, 1.54) is 19.3 Å². The van der Waals surface area contributed by atoms with Gasteiger partial charge in [-0.2, -0.15) is 0 Å². The minimum Gasteiger partial charge on any atom is -0.348 e. The Morgan fingerprint density at radius 2 is 2.10 bits per heavy atom. The standard InChI is InChI=1S/C17H26N2O/c1-3-16-11-7-8-12-19(16)13-17(20)18-14(2)15-9-5-4-6-10-15/h4-6,9-10,14,16H,3,7-8,11-13H2,1-2H3,(H,18,20). The van der Waals surface area contributed by atoms with Crippen LogP contribution in [0, 0.1) is 0 Å². The number of piperidine rings is 1. The maximum Gasteiger partial charge on any atom is 0.234 e. The minimum atomic E-state index is 0.0774. The van der Waals surface area contributed by atoms with Crippen molar-refractivity contribution in [2.24, 2.45) is 0 Å². The molecule has 1 aliphatic rings. The van der Waals surface area contributed by atoms with Crippen LogP contribution in [0.2, 0.25) is 0 Å². The first-order chi connectivity index (χ1) is 9.70. The summed E-state index contributed by atoms with van der Waals surface area (Å²) in [6, 6.07) is 10.8. The molecule has 2 unspecified atom stereocenters. The highest BCUT2D eigenvalue weighted by molar-refractivity contribution is 5.78. The number of nitrogens with one attached hydrogen (secondary N) is 1. The SMILES string of the molecule is CCC1CCCCN1CC(=O)NC(C)c1ccccc1. The molecule has 3 nitrogen and oxygen atoms in total. The summed E-state index contributed by atoms with van der Waals surface area (Å²) in [5, 5.41) is 3.11. The summed E-state index contributed by atoms with van der Waals surface area (Å²) in [7, 11) is 0. The smallest absolute Gasteiger partial charge is 0.234 e. The van der Waals surface area contributed by atoms with Crippen LogP contribution in [0.25, 0.3) is 0 Å². The third-order valence-corrected chi connectivity index (χ3v) is 4.24. The molecule has 2 atom stereocenters. The summed E-state index contributed by atoms with van der Waals surface area (Å²) in [5.41, 5.74) is 1.16. The van der Waals surface area contributed by atoms with E-state index >= 15 is 0 Å². The van der Waals surface area contributed by atoms with Crippen LogP contribution in [-0.2, 0) is 4.79 Å². The number of hydrogen-bond acceptors (Lipinski definition) is 2. The van der Waals surface area contributed by atoms with E-state index in [-0.39, 0.29) is 11.9 Å². The normalized spacial score (nSPS) is 21.4. The summed E-state index contributed by atoms with van der Waals surface area (Å²) in [4.78, 5) is 14.5. The van der Waals surface area contributed by atoms with E-state index in [1.54, 1.807) is 0 Å². The second-order valence-corrected chi connectivity index (χ2v) is 5.73. The minimum absolute atomic E-state index is 0.0774. The lowest BCUT2D eigenvalue weighted by molar-refractivity contribution is -0.123.